The van der Waals surface area contributed by atoms with E-state index in [0.717, 1.165) is 5.56 Å². The minimum absolute atomic E-state index is 0.00271. The van der Waals surface area contributed by atoms with Crippen LogP contribution in [0.3, 0.4) is 0 Å². The van der Waals surface area contributed by atoms with E-state index in [0.29, 0.717) is 41.0 Å². The maximum atomic E-state index is 11.3. The molecule has 0 bridgehead atoms. The topological polar surface area (TPSA) is 115 Å². The minimum Gasteiger partial charge on any atom is -0.507 e. The van der Waals surface area contributed by atoms with E-state index in [1.54, 1.807) is 5.38 Å². The number of phenols is 1. The highest BCUT2D eigenvalue weighted by Gasteiger charge is 2.17. The molecule has 1 aromatic heterocycles. The van der Waals surface area contributed by atoms with E-state index in [-0.39, 0.29) is 17.0 Å². The molecule has 0 spiro atoms. The maximum Gasteiger partial charge on any atom is 0.337 e. The quantitative estimate of drug-likeness (QED) is 0.508. The lowest BCUT2D eigenvalue weighted by atomic mass is 10.1. The molecule has 0 atom stereocenters. The van der Waals surface area contributed by atoms with Crippen molar-refractivity contribution in [2.75, 3.05) is 18.9 Å². The summed E-state index contributed by atoms with van der Waals surface area (Å²) in [4.78, 5) is 15.9. The van der Waals surface area contributed by atoms with Gasteiger partial charge >= 0.3 is 5.97 Å². The van der Waals surface area contributed by atoms with E-state index >= 15 is 0 Å². The van der Waals surface area contributed by atoms with Crippen LogP contribution in [0.25, 0.3) is 21.8 Å². The standard InChI is InChI=1S/C20H20N2O5S/c1-3-26-17-6-5-11(7-18(17)27-4-2)19-22-15(10-28-19)13-8-12(20(24)25)14(21)9-16(13)23/h5-10,23H,3-4,21H2,1-2H3,(H,24,25). The summed E-state index contributed by atoms with van der Waals surface area (Å²) in [5.74, 6) is -0.00243. The molecule has 0 saturated carbocycles. The number of aromatic nitrogens is 1. The number of carboxylic acids is 1. The van der Waals surface area contributed by atoms with Gasteiger partial charge in [0.05, 0.1) is 24.5 Å². The number of hydrogen-bond acceptors (Lipinski definition) is 7. The highest BCUT2D eigenvalue weighted by molar-refractivity contribution is 7.13. The molecule has 0 amide bonds. The molecule has 3 rings (SSSR count). The number of nitrogens with zero attached hydrogens (tertiary/aromatic N) is 1. The largest absolute Gasteiger partial charge is 0.507 e. The molecule has 0 aliphatic carbocycles. The van der Waals surface area contributed by atoms with Crippen LogP contribution in [0.15, 0.2) is 35.7 Å². The predicted molar refractivity (Wildman–Crippen MR) is 108 cm³/mol. The number of carboxylic acid groups (broad SMARTS) is 1. The van der Waals surface area contributed by atoms with E-state index in [2.05, 4.69) is 4.98 Å². The third-order valence-electron chi connectivity index (χ3n) is 3.97. The van der Waals surface area contributed by atoms with Crippen LogP contribution in [0.4, 0.5) is 5.69 Å². The molecule has 3 aromatic rings. The van der Waals surface area contributed by atoms with Gasteiger partial charge in [-0.3, -0.25) is 0 Å². The van der Waals surface area contributed by atoms with Gasteiger partial charge in [-0.15, -0.1) is 11.3 Å². The summed E-state index contributed by atoms with van der Waals surface area (Å²) in [5, 5.41) is 21.9. The SMILES string of the molecule is CCOc1ccc(-c2nc(-c3cc(C(=O)O)c(N)cc3O)cs2)cc1OCC. The van der Waals surface area contributed by atoms with E-state index in [4.69, 9.17) is 15.2 Å². The number of aromatic hydroxyl groups is 1. The van der Waals surface area contributed by atoms with E-state index in [9.17, 15) is 15.0 Å². The molecule has 0 unspecified atom stereocenters. The molecular formula is C20H20N2O5S. The van der Waals surface area contributed by atoms with Gasteiger partial charge in [0.1, 0.15) is 10.8 Å². The lowest BCUT2D eigenvalue weighted by Crippen LogP contribution is -2.02. The zero-order valence-corrected chi connectivity index (χ0v) is 16.2. The average molecular weight is 400 g/mol. The number of thiazole rings is 1. The van der Waals surface area contributed by atoms with E-state index in [1.807, 2.05) is 32.0 Å². The molecule has 8 heteroatoms. The van der Waals surface area contributed by atoms with Gasteiger partial charge in [-0.25, -0.2) is 9.78 Å². The number of phenolic OH excluding ortho intramolecular Hbond substituents is 1. The molecule has 1 heterocycles. The Morgan fingerprint density at radius 3 is 2.54 bits per heavy atom. The molecule has 7 nitrogen and oxygen atoms in total. The van der Waals surface area contributed by atoms with Gasteiger partial charge < -0.3 is 25.4 Å². The first-order valence-electron chi connectivity index (χ1n) is 8.66. The van der Waals surface area contributed by atoms with Gasteiger partial charge in [-0.2, -0.15) is 0 Å². The number of nitrogens with two attached hydrogens (primary N) is 1. The fourth-order valence-corrected chi connectivity index (χ4v) is 3.53. The molecule has 0 aliphatic heterocycles. The van der Waals surface area contributed by atoms with E-state index < -0.39 is 5.97 Å². The van der Waals surface area contributed by atoms with Crippen molar-refractivity contribution in [3.05, 3.63) is 41.3 Å². The van der Waals surface area contributed by atoms with Crippen molar-refractivity contribution in [3.8, 4) is 39.1 Å². The minimum atomic E-state index is -1.16. The van der Waals surface area contributed by atoms with Crippen LogP contribution in [-0.2, 0) is 0 Å². The van der Waals surface area contributed by atoms with Crippen LogP contribution in [0, 0.1) is 0 Å². The van der Waals surface area contributed by atoms with Crippen LogP contribution in [0.1, 0.15) is 24.2 Å². The van der Waals surface area contributed by atoms with Gasteiger partial charge in [-0.05, 0) is 38.1 Å². The number of benzene rings is 2. The van der Waals surface area contributed by atoms with Crippen LogP contribution in [0.5, 0.6) is 17.2 Å². The number of hydrogen-bond donors (Lipinski definition) is 3. The van der Waals surface area contributed by atoms with Crippen molar-refractivity contribution in [3.63, 3.8) is 0 Å². The highest BCUT2D eigenvalue weighted by atomic mass is 32.1. The lowest BCUT2D eigenvalue weighted by molar-refractivity contribution is 0.0698. The average Bonchev–Trinajstić information content (AvgIpc) is 3.13. The summed E-state index contributed by atoms with van der Waals surface area (Å²) in [6.07, 6.45) is 0. The summed E-state index contributed by atoms with van der Waals surface area (Å²) in [6, 6.07) is 8.11. The Kier molecular flexibility index (Phi) is 5.70. The van der Waals surface area contributed by atoms with Crippen molar-refractivity contribution in [1.82, 2.24) is 4.98 Å². The van der Waals surface area contributed by atoms with Gasteiger partial charge in [0.15, 0.2) is 11.5 Å². The first kappa shape index (κ1) is 19.5. The lowest BCUT2D eigenvalue weighted by Gasteiger charge is -2.11. The molecule has 28 heavy (non-hydrogen) atoms. The molecule has 0 aliphatic rings. The summed E-state index contributed by atoms with van der Waals surface area (Å²) in [7, 11) is 0. The molecule has 0 fully saturated rings. The Morgan fingerprint density at radius 1 is 1.14 bits per heavy atom. The van der Waals surface area contributed by atoms with Crippen molar-refractivity contribution >= 4 is 23.0 Å². The normalized spacial score (nSPS) is 10.6. The van der Waals surface area contributed by atoms with Crippen molar-refractivity contribution in [2.24, 2.45) is 0 Å². The molecule has 4 N–H and O–H groups in total. The predicted octanol–water partition coefficient (Wildman–Crippen LogP) is 4.26. The van der Waals surface area contributed by atoms with Crippen molar-refractivity contribution in [1.29, 1.82) is 0 Å². The Bertz CT molecular complexity index is 1020. The smallest absolute Gasteiger partial charge is 0.337 e. The zero-order chi connectivity index (χ0) is 20.3. The van der Waals surface area contributed by atoms with Gasteiger partial charge in [-0.1, -0.05) is 0 Å². The monoisotopic (exact) mass is 400 g/mol. The zero-order valence-electron chi connectivity index (χ0n) is 15.4. The molecular weight excluding hydrogens is 380 g/mol. The Morgan fingerprint density at radius 2 is 1.86 bits per heavy atom. The Balaban J connectivity index is 2.00. The number of carbonyl (C=O) groups is 1. The van der Waals surface area contributed by atoms with Crippen molar-refractivity contribution in [2.45, 2.75) is 13.8 Å². The highest BCUT2D eigenvalue weighted by Crippen LogP contribution is 2.38. The number of ether oxygens (including phenoxy) is 2. The third kappa shape index (κ3) is 3.86. The van der Waals surface area contributed by atoms with Crippen LogP contribution < -0.4 is 15.2 Å². The number of nitrogen functional groups attached to an aromatic ring is 1. The second-order valence-electron chi connectivity index (χ2n) is 5.83. The van der Waals surface area contributed by atoms with E-state index in [1.165, 1.54) is 23.5 Å². The Hall–Kier alpha value is -3.26. The summed E-state index contributed by atoms with van der Waals surface area (Å²) in [6.45, 7) is 4.84. The second-order valence-corrected chi connectivity index (χ2v) is 6.69. The van der Waals surface area contributed by atoms with Crippen LogP contribution in [0.2, 0.25) is 0 Å². The number of rotatable bonds is 7. The number of anilines is 1. The second kappa shape index (κ2) is 8.18. The summed E-state index contributed by atoms with van der Waals surface area (Å²) >= 11 is 1.37. The molecule has 2 aromatic carbocycles. The van der Waals surface area contributed by atoms with Crippen molar-refractivity contribution < 1.29 is 24.5 Å². The maximum absolute atomic E-state index is 11.3. The first-order valence-corrected chi connectivity index (χ1v) is 9.54. The molecule has 0 radical (unpaired) electrons. The summed E-state index contributed by atoms with van der Waals surface area (Å²) in [5.41, 5.74) is 7.19. The fraction of sp³-hybridized carbons (Fsp3) is 0.200. The third-order valence-corrected chi connectivity index (χ3v) is 4.86. The van der Waals surface area contributed by atoms with Gasteiger partial charge in [0, 0.05) is 28.3 Å². The fourth-order valence-electron chi connectivity index (χ4n) is 2.71. The summed E-state index contributed by atoms with van der Waals surface area (Å²) < 4.78 is 11.2. The van der Waals surface area contributed by atoms with Crippen LogP contribution in [-0.4, -0.2) is 34.4 Å². The number of aromatic carboxylic acids is 1. The molecule has 0 saturated heterocycles. The Labute approximate surface area is 166 Å². The van der Waals surface area contributed by atoms with Crippen LogP contribution >= 0.6 is 11.3 Å². The first-order chi connectivity index (χ1) is 13.4. The molecule has 146 valence electrons. The van der Waals surface area contributed by atoms with Gasteiger partial charge in [0.25, 0.3) is 0 Å². The van der Waals surface area contributed by atoms with Gasteiger partial charge in [0.2, 0.25) is 0 Å².